The first-order valence-corrected chi connectivity index (χ1v) is 7.45. The molecule has 1 aliphatic rings. The number of nitrogen functional groups attached to an aromatic ring is 1. The van der Waals surface area contributed by atoms with Crippen molar-refractivity contribution in [2.75, 3.05) is 38.5 Å². The molecule has 1 saturated heterocycles. The Morgan fingerprint density at radius 2 is 2.13 bits per heavy atom. The maximum atomic E-state index is 12.5. The fourth-order valence-electron chi connectivity index (χ4n) is 2.75. The summed E-state index contributed by atoms with van der Waals surface area (Å²) >= 11 is 0. The van der Waals surface area contributed by atoms with Gasteiger partial charge in [-0.15, -0.1) is 0 Å². The largest absolute Gasteiger partial charge is 0.401 e. The van der Waals surface area contributed by atoms with E-state index in [1.807, 2.05) is 0 Å². The highest BCUT2D eigenvalue weighted by atomic mass is 19.4. The minimum atomic E-state index is -4.21. The molecule has 1 aliphatic heterocycles. The number of alkyl halides is 3. The third-order valence-electron chi connectivity index (χ3n) is 3.87. The molecule has 1 aromatic rings. The molecule has 1 atom stereocenters. The number of hydrogen-bond donors (Lipinski definition) is 1. The van der Waals surface area contributed by atoms with Gasteiger partial charge >= 0.3 is 6.18 Å². The van der Waals surface area contributed by atoms with E-state index in [1.54, 1.807) is 11.8 Å². The molecule has 0 radical (unpaired) electrons. The van der Waals surface area contributed by atoms with Crippen molar-refractivity contribution in [2.24, 2.45) is 5.92 Å². The topological polar surface area (TPSA) is 75.3 Å². The van der Waals surface area contributed by atoms with E-state index in [0.717, 1.165) is 0 Å². The van der Waals surface area contributed by atoms with E-state index in [2.05, 4.69) is 9.97 Å². The van der Waals surface area contributed by atoms with E-state index >= 15 is 0 Å². The van der Waals surface area contributed by atoms with Gasteiger partial charge < -0.3 is 10.6 Å². The van der Waals surface area contributed by atoms with Gasteiger partial charge in [-0.2, -0.15) is 13.2 Å². The fourth-order valence-corrected chi connectivity index (χ4v) is 2.75. The second-order valence-electron chi connectivity index (χ2n) is 5.64. The summed E-state index contributed by atoms with van der Waals surface area (Å²) in [4.78, 5) is 23.0. The van der Waals surface area contributed by atoms with Crippen LogP contribution in [-0.4, -0.2) is 64.6 Å². The lowest BCUT2D eigenvalue weighted by atomic mass is 10.1. The summed E-state index contributed by atoms with van der Waals surface area (Å²) in [6.45, 7) is 2.30. The molecular formula is C14H20F3N5O. The molecule has 1 aromatic heterocycles. The molecule has 128 valence electrons. The maximum absolute atomic E-state index is 12.5. The molecule has 1 unspecified atom stereocenters. The number of halogens is 3. The standard InChI is InChI=1S/C14H20F3N5O/c1-2-21(9-14(15,16)17)7-10-3-6-22(8-10)13(23)11-12(18)20-5-4-19-11/h4-5,10H,2-3,6-9H2,1H3,(H2,18,20). The molecule has 0 saturated carbocycles. The quantitative estimate of drug-likeness (QED) is 0.883. The first kappa shape index (κ1) is 17.5. The van der Waals surface area contributed by atoms with Crippen LogP contribution in [0.5, 0.6) is 0 Å². The van der Waals surface area contributed by atoms with Crippen molar-refractivity contribution >= 4 is 11.7 Å². The number of nitrogens with zero attached hydrogens (tertiary/aromatic N) is 4. The summed E-state index contributed by atoms with van der Waals surface area (Å²) in [6, 6.07) is 0. The number of amides is 1. The first-order chi connectivity index (χ1) is 10.8. The molecule has 0 bridgehead atoms. The van der Waals surface area contributed by atoms with Crippen molar-refractivity contribution in [3.05, 3.63) is 18.1 Å². The molecule has 2 rings (SSSR count). The molecule has 0 spiro atoms. The Labute approximate surface area is 132 Å². The van der Waals surface area contributed by atoms with Crippen molar-refractivity contribution in [1.29, 1.82) is 0 Å². The molecule has 2 heterocycles. The van der Waals surface area contributed by atoms with Crippen LogP contribution >= 0.6 is 0 Å². The van der Waals surface area contributed by atoms with Gasteiger partial charge in [0.15, 0.2) is 11.5 Å². The van der Waals surface area contributed by atoms with Gasteiger partial charge in [-0.05, 0) is 18.9 Å². The SMILES string of the molecule is CCN(CC1CCN(C(=O)c2nccnc2N)C1)CC(F)(F)F. The maximum Gasteiger partial charge on any atom is 0.401 e. The zero-order valence-corrected chi connectivity index (χ0v) is 12.9. The third-order valence-corrected chi connectivity index (χ3v) is 3.87. The average Bonchev–Trinajstić information content (AvgIpc) is 2.93. The van der Waals surface area contributed by atoms with Crippen molar-refractivity contribution in [3.8, 4) is 0 Å². The lowest BCUT2D eigenvalue weighted by Gasteiger charge is -2.25. The average molecular weight is 331 g/mol. The highest BCUT2D eigenvalue weighted by molar-refractivity contribution is 5.96. The van der Waals surface area contributed by atoms with E-state index in [1.165, 1.54) is 17.3 Å². The number of aromatic nitrogens is 2. The molecule has 9 heteroatoms. The lowest BCUT2D eigenvalue weighted by Crippen LogP contribution is -2.38. The molecular weight excluding hydrogens is 311 g/mol. The number of anilines is 1. The van der Waals surface area contributed by atoms with Gasteiger partial charge in [-0.1, -0.05) is 6.92 Å². The second-order valence-corrected chi connectivity index (χ2v) is 5.64. The van der Waals surface area contributed by atoms with Gasteiger partial charge in [0.25, 0.3) is 5.91 Å². The van der Waals surface area contributed by atoms with Gasteiger partial charge in [0.1, 0.15) is 0 Å². The summed E-state index contributed by atoms with van der Waals surface area (Å²) in [5.74, 6) is -0.246. The number of likely N-dealkylation sites (tertiary alicyclic amines) is 1. The fraction of sp³-hybridized carbons (Fsp3) is 0.643. The van der Waals surface area contributed by atoms with Crippen molar-refractivity contribution in [1.82, 2.24) is 19.8 Å². The zero-order valence-electron chi connectivity index (χ0n) is 12.9. The predicted octanol–water partition coefficient (Wildman–Crippen LogP) is 1.41. The summed E-state index contributed by atoms with van der Waals surface area (Å²) in [5.41, 5.74) is 5.73. The minimum absolute atomic E-state index is 0.0131. The molecule has 1 amide bonds. The Balaban J connectivity index is 1.93. The normalized spacial score (nSPS) is 18.7. The van der Waals surface area contributed by atoms with Gasteiger partial charge in [-0.25, -0.2) is 9.97 Å². The lowest BCUT2D eigenvalue weighted by molar-refractivity contribution is -0.146. The number of carbonyl (C=O) groups excluding carboxylic acids is 1. The number of rotatable bonds is 5. The van der Waals surface area contributed by atoms with E-state index in [-0.39, 0.29) is 23.3 Å². The molecule has 1 fully saturated rings. The van der Waals surface area contributed by atoms with Crippen LogP contribution in [0.2, 0.25) is 0 Å². The van der Waals surface area contributed by atoms with Gasteiger partial charge in [-0.3, -0.25) is 9.69 Å². The van der Waals surface area contributed by atoms with Crippen molar-refractivity contribution in [3.63, 3.8) is 0 Å². The van der Waals surface area contributed by atoms with Crippen LogP contribution < -0.4 is 5.73 Å². The van der Waals surface area contributed by atoms with Crippen LogP contribution in [-0.2, 0) is 0 Å². The van der Waals surface area contributed by atoms with Gasteiger partial charge in [0, 0.05) is 32.0 Å². The van der Waals surface area contributed by atoms with Crippen LogP contribution in [0.15, 0.2) is 12.4 Å². The minimum Gasteiger partial charge on any atom is -0.382 e. The summed E-state index contributed by atoms with van der Waals surface area (Å²) in [7, 11) is 0. The van der Waals surface area contributed by atoms with Crippen LogP contribution in [0.1, 0.15) is 23.8 Å². The van der Waals surface area contributed by atoms with Gasteiger partial charge in [0.2, 0.25) is 0 Å². The zero-order chi connectivity index (χ0) is 17.0. The Morgan fingerprint density at radius 3 is 2.74 bits per heavy atom. The number of carbonyl (C=O) groups is 1. The summed E-state index contributed by atoms with van der Waals surface area (Å²) < 4.78 is 37.5. The van der Waals surface area contributed by atoms with E-state index in [0.29, 0.717) is 32.6 Å². The Kier molecular flexibility index (Phi) is 5.40. The molecule has 6 nitrogen and oxygen atoms in total. The van der Waals surface area contributed by atoms with Crippen LogP contribution in [0.3, 0.4) is 0 Å². The van der Waals surface area contributed by atoms with E-state index in [4.69, 9.17) is 5.73 Å². The molecule has 2 N–H and O–H groups in total. The number of hydrogen-bond acceptors (Lipinski definition) is 5. The molecule has 0 aliphatic carbocycles. The summed E-state index contributed by atoms with van der Waals surface area (Å²) in [5, 5.41) is 0. The van der Waals surface area contributed by atoms with Crippen molar-refractivity contribution < 1.29 is 18.0 Å². The number of nitrogens with two attached hydrogens (primary N) is 1. The Morgan fingerprint density at radius 1 is 1.43 bits per heavy atom. The van der Waals surface area contributed by atoms with E-state index in [9.17, 15) is 18.0 Å². The van der Waals surface area contributed by atoms with Gasteiger partial charge in [0.05, 0.1) is 6.54 Å². The predicted molar refractivity (Wildman–Crippen MR) is 78.6 cm³/mol. The second kappa shape index (κ2) is 7.12. The third kappa shape index (κ3) is 4.78. The Hall–Kier alpha value is -1.90. The first-order valence-electron chi connectivity index (χ1n) is 7.45. The van der Waals surface area contributed by atoms with Crippen LogP contribution in [0.4, 0.5) is 19.0 Å². The highest BCUT2D eigenvalue weighted by Crippen LogP contribution is 2.22. The molecule has 0 aromatic carbocycles. The summed E-state index contributed by atoms with van der Waals surface area (Å²) in [6.07, 6.45) is -0.757. The van der Waals surface area contributed by atoms with Crippen molar-refractivity contribution in [2.45, 2.75) is 19.5 Å². The molecule has 23 heavy (non-hydrogen) atoms. The van der Waals surface area contributed by atoms with E-state index < -0.39 is 12.7 Å². The van der Waals surface area contributed by atoms with Crippen LogP contribution in [0.25, 0.3) is 0 Å². The Bertz CT molecular complexity index is 551. The monoisotopic (exact) mass is 331 g/mol. The van der Waals surface area contributed by atoms with Crippen LogP contribution in [0, 0.1) is 5.92 Å². The highest BCUT2D eigenvalue weighted by Gasteiger charge is 2.34. The smallest absolute Gasteiger partial charge is 0.382 e.